The van der Waals surface area contributed by atoms with Crippen molar-refractivity contribution in [1.29, 1.82) is 0 Å². The van der Waals surface area contributed by atoms with E-state index in [1.54, 1.807) is 33.5 Å². The average Bonchev–Trinajstić information content (AvgIpc) is 2.16. The molecular weight excluding hydrogens is 260 g/mol. The molecule has 1 rings (SSSR count). The molecule has 0 unspecified atom stereocenters. The van der Waals surface area contributed by atoms with Crippen molar-refractivity contribution in [1.82, 2.24) is 0 Å². The standard InChI is InChI=1S/C9H11O3.BrH.Mg/c1-10-7-4-5-8(11-2)9(6-7)12-3;;/h4,6H,1-3H3;1H;/q-1;;+2/p-1. The molecule has 0 saturated carbocycles. The molecule has 0 fully saturated rings. The third kappa shape index (κ3) is 3.94. The van der Waals surface area contributed by atoms with Gasteiger partial charge in [0.25, 0.3) is 0 Å². The summed E-state index contributed by atoms with van der Waals surface area (Å²) in [6, 6.07) is 6.33. The molecule has 1 aromatic carbocycles. The van der Waals surface area contributed by atoms with E-state index in [1.807, 2.05) is 0 Å². The molecule has 3 nitrogen and oxygen atoms in total. The zero-order chi connectivity index (χ0) is 8.97. The molecule has 0 amide bonds. The van der Waals surface area contributed by atoms with E-state index in [1.165, 1.54) is 0 Å². The SMILES string of the molecule is COc1c[c-]c(OC)c(OC)c1.[Br-].[Mg+2]. The van der Waals surface area contributed by atoms with Gasteiger partial charge in [0.2, 0.25) is 0 Å². The molecule has 0 aliphatic rings. The summed E-state index contributed by atoms with van der Waals surface area (Å²) in [5, 5.41) is 0. The Hall–Kier alpha value is -0.134. The van der Waals surface area contributed by atoms with Crippen molar-refractivity contribution in [2.75, 3.05) is 21.3 Å². The summed E-state index contributed by atoms with van der Waals surface area (Å²) in [5.41, 5.74) is 0. The van der Waals surface area contributed by atoms with Crippen molar-refractivity contribution in [3.8, 4) is 17.2 Å². The summed E-state index contributed by atoms with van der Waals surface area (Å²) in [4.78, 5) is 0. The molecule has 0 radical (unpaired) electrons. The molecule has 0 bridgehead atoms. The smallest absolute Gasteiger partial charge is 1.00 e. The van der Waals surface area contributed by atoms with Crippen LogP contribution in [-0.4, -0.2) is 44.4 Å². The van der Waals surface area contributed by atoms with E-state index in [0.29, 0.717) is 17.2 Å². The number of ether oxygens (including phenoxy) is 3. The van der Waals surface area contributed by atoms with Gasteiger partial charge in [0.1, 0.15) is 0 Å². The van der Waals surface area contributed by atoms with Gasteiger partial charge < -0.3 is 31.2 Å². The molecule has 0 aliphatic heterocycles. The fraction of sp³-hybridized carbons (Fsp3) is 0.333. The molecule has 0 saturated heterocycles. The first-order valence-electron chi connectivity index (χ1n) is 3.49. The summed E-state index contributed by atoms with van der Waals surface area (Å²) in [5.74, 6) is 1.91. The summed E-state index contributed by atoms with van der Waals surface area (Å²) in [6.07, 6.45) is 0. The first-order valence-corrected chi connectivity index (χ1v) is 3.49. The summed E-state index contributed by atoms with van der Waals surface area (Å²) in [7, 11) is 4.74. The van der Waals surface area contributed by atoms with Gasteiger partial charge in [-0.25, -0.2) is 0 Å². The Balaban J connectivity index is 0. The predicted octanol–water partition coefficient (Wildman–Crippen LogP) is -1.86. The van der Waals surface area contributed by atoms with E-state index in [4.69, 9.17) is 14.2 Å². The number of methoxy groups -OCH3 is 3. The Morgan fingerprint density at radius 1 is 1.07 bits per heavy atom. The fourth-order valence-electron chi connectivity index (χ4n) is 0.873. The zero-order valence-corrected chi connectivity index (χ0v) is 11.5. The van der Waals surface area contributed by atoms with Gasteiger partial charge >= 0.3 is 23.1 Å². The number of hydrogen-bond donors (Lipinski definition) is 0. The Kier molecular flexibility index (Phi) is 9.55. The summed E-state index contributed by atoms with van der Waals surface area (Å²) >= 11 is 0. The van der Waals surface area contributed by atoms with E-state index >= 15 is 0 Å². The Bertz CT molecular complexity index is 268. The van der Waals surface area contributed by atoms with E-state index in [-0.39, 0.29) is 40.0 Å². The van der Waals surface area contributed by atoms with Crippen molar-refractivity contribution in [2.24, 2.45) is 0 Å². The molecule has 0 atom stereocenters. The molecule has 1 aromatic rings. The van der Waals surface area contributed by atoms with Gasteiger partial charge in [-0.3, -0.25) is 0 Å². The van der Waals surface area contributed by atoms with E-state index in [2.05, 4.69) is 6.07 Å². The van der Waals surface area contributed by atoms with Crippen LogP contribution in [-0.2, 0) is 0 Å². The minimum atomic E-state index is 0. The van der Waals surface area contributed by atoms with Gasteiger partial charge in [-0.15, -0.1) is 12.1 Å². The van der Waals surface area contributed by atoms with Crippen LogP contribution in [0.4, 0.5) is 0 Å². The first kappa shape index (κ1) is 16.3. The van der Waals surface area contributed by atoms with E-state index in [0.717, 1.165) is 0 Å². The number of halogens is 1. The van der Waals surface area contributed by atoms with Crippen molar-refractivity contribution in [3.05, 3.63) is 18.2 Å². The molecule has 14 heavy (non-hydrogen) atoms. The van der Waals surface area contributed by atoms with Crippen molar-refractivity contribution in [2.45, 2.75) is 0 Å². The number of benzene rings is 1. The molecule has 0 spiro atoms. The molecule has 0 aliphatic carbocycles. The minimum Gasteiger partial charge on any atom is -1.00 e. The molecule has 0 N–H and O–H groups in total. The second-order valence-corrected chi connectivity index (χ2v) is 2.14. The first-order chi connectivity index (χ1) is 5.81. The topological polar surface area (TPSA) is 27.7 Å². The van der Waals surface area contributed by atoms with Crippen LogP contribution in [0.3, 0.4) is 0 Å². The normalized spacial score (nSPS) is 7.93. The third-order valence-corrected chi connectivity index (χ3v) is 1.50. The third-order valence-electron chi connectivity index (χ3n) is 1.50. The van der Waals surface area contributed by atoms with Gasteiger partial charge in [0.15, 0.2) is 0 Å². The summed E-state index contributed by atoms with van der Waals surface area (Å²) < 4.78 is 15.0. The maximum absolute atomic E-state index is 5.04. The Morgan fingerprint density at radius 3 is 2.14 bits per heavy atom. The van der Waals surface area contributed by atoms with Gasteiger partial charge in [-0.2, -0.15) is 0 Å². The molecule has 74 valence electrons. The number of hydrogen-bond acceptors (Lipinski definition) is 3. The van der Waals surface area contributed by atoms with Gasteiger partial charge in [0, 0.05) is 11.5 Å². The van der Waals surface area contributed by atoms with Gasteiger partial charge in [-0.05, 0) is 0 Å². The van der Waals surface area contributed by atoms with Crippen LogP contribution in [0.5, 0.6) is 17.2 Å². The second kappa shape index (κ2) is 8.20. The Labute approximate surface area is 111 Å². The van der Waals surface area contributed by atoms with E-state index < -0.39 is 0 Å². The van der Waals surface area contributed by atoms with Gasteiger partial charge in [0.05, 0.1) is 27.1 Å². The van der Waals surface area contributed by atoms with Crippen LogP contribution in [0.1, 0.15) is 0 Å². The molecule has 0 aromatic heterocycles. The van der Waals surface area contributed by atoms with Crippen molar-refractivity contribution < 1.29 is 31.2 Å². The zero-order valence-electron chi connectivity index (χ0n) is 8.46. The average molecular weight is 271 g/mol. The summed E-state index contributed by atoms with van der Waals surface area (Å²) in [6.45, 7) is 0. The van der Waals surface area contributed by atoms with Gasteiger partial charge in [-0.1, -0.05) is 6.07 Å². The minimum absolute atomic E-state index is 0. The monoisotopic (exact) mass is 270 g/mol. The quantitative estimate of drug-likeness (QED) is 0.476. The second-order valence-electron chi connectivity index (χ2n) is 2.14. The predicted molar refractivity (Wildman–Crippen MR) is 50.7 cm³/mol. The van der Waals surface area contributed by atoms with Crippen LogP contribution in [0.25, 0.3) is 0 Å². The van der Waals surface area contributed by atoms with Crippen LogP contribution in [0.15, 0.2) is 12.1 Å². The molecule has 0 heterocycles. The van der Waals surface area contributed by atoms with Crippen LogP contribution >= 0.6 is 0 Å². The van der Waals surface area contributed by atoms with Crippen molar-refractivity contribution >= 4 is 23.1 Å². The maximum Gasteiger partial charge on any atom is 2.00 e. The maximum atomic E-state index is 5.04. The van der Waals surface area contributed by atoms with Crippen LogP contribution in [0.2, 0.25) is 0 Å². The van der Waals surface area contributed by atoms with Crippen molar-refractivity contribution in [3.63, 3.8) is 0 Å². The van der Waals surface area contributed by atoms with Crippen LogP contribution in [0, 0.1) is 6.07 Å². The number of rotatable bonds is 3. The largest absolute Gasteiger partial charge is 2.00 e. The van der Waals surface area contributed by atoms with E-state index in [9.17, 15) is 0 Å². The fourth-order valence-corrected chi connectivity index (χ4v) is 0.873. The van der Waals surface area contributed by atoms with Crippen LogP contribution < -0.4 is 31.2 Å². The Morgan fingerprint density at radius 2 is 1.71 bits per heavy atom. The molecular formula is C9H11BrMgO3. The molecule has 5 heteroatoms.